The topological polar surface area (TPSA) is 25.4 Å². The Labute approximate surface area is 329 Å². The van der Waals surface area contributed by atoms with Crippen LogP contribution in [0.4, 0.5) is 0 Å². The van der Waals surface area contributed by atoms with Crippen LogP contribution in [-0.2, 0) is 4.74 Å². The van der Waals surface area contributed by atoms with E-state index in [-0.39, 0.29) is 0 Å². The Morgan fingerprint density at radius 1 is 0.250 bits per heavy atom. The van der Waals surface area contributed by atoms with Crippen molar-refractivity contribution in [3.05, 3.63) is 0 Å². The van der Waals surface area contributed by atoms with Gasteiger partial charge in [0.15, 0.2) is 0 Å². The largest absolute Gasteiger partial charge is 0.379 e. The molecule has 0 spiro atoms. The molecule has 0 unspecified atom stereocenters. The summed E-state index contributed by atoms with van der Waals surface area (Å²) in [6, 6.07) is 0. The van der Waals surface area contributed by atoms with Crippen LogP contribution in [0.15, 0.2) is 0 Å². The van der Waals surface area contributed by atoms with E-state index in [1.54, 1.807) is 0 Å². The second-order valence-electron chi connectivity index (χ2n) is 20.6. The highest BCUT2D eigenvalue weighted by Gasteiger charge is 2.25. The van der Waals surface area contributed by atoms with Gasteiger partial charge in [0, 0.05) is 40.8 Å². The van der Waals surface area contributed by atoms with Crippen LogP contribution in [0.25, 0.3) is 0 Å². The van der Waals surface area contributed by atoms with Crippen molar-refractivity contribution in [3.63, 3.8) is 0 Å². The molecule has 0 atom stereocenters. The van der Waals surface area contributed by atoms with E-state index in [9.17, 15) is 0 Å². The summed E-state index contributed by atoms with van der Waals surface area (Å²) in [4.78, 5) is 12.8. The Bertz CT molecular complexity index is 743. The highest BCUT2D eigenvalue weighted by Crippen LogP contribution is 2.22. The van der Waals surface area contributed by atoms with Gasteiger partial charge in [-0.15, -0.1) is 0 Å². The summed E-state index contributed by atoms with van der Waals surface area (Å²) in [5, 5.41) is 0. The van der Waals surface area contributed by atoms with Crippen LogP contribution in [0.3, 0.4) is 0 Å². The van der Waals surface area contributed by atoms with Gasteiger partial charge in [0.2, 0.25) is 0 Å². The molecule has 0 aromatic carbocycles. The molecule has 0 aromatic heterocycles. The van der Waals surface area contributed by atoms with Gasteiger partial charge in [-0.05, 0) is 208 Å². The Hall–Kier alpha value is -0.240. The van der Waals surface area contributed by atoms with Crippen molar-refractivity contribution >= 4 is 0 Å². The van der Waals surface area contributed by atoms with Crippen LogP contribution in [0.1, 0.15) is 195 Å². The van der Waals surface area contributed by atoms with Crippen LogP contribution >= 0.6 is 0 Å². The first-order valence-electron chi connectivity index (χ1n) is 22.4. The number of morpholine rings is 1. The molecule has 5 aliphatic heterocycles. The minimum Gasteiger partial charge on any atom is -0.379 e. The standard InChI is InChI=1S/C10H21N.2C9H19N.C8H17NO.C8H17N.C2H6/c1-10(2,3)11-8-6-4-5-7-9-11;2*1-9(2,3)10-7-5-4-6-8-10;1-8(2,3)9-4-6-10-7-5-9;1-8(2,3)9-6-4-5-7-9;1-2/h4-9H2,1-3H3;2*4-8H2,1-3H3;4-7H2,1-3H3;4-7H2,1-3H3;1-2H3. The molecule has 0 radical (unpaired) electrons. The minimum atomic E-state index is 0.323. The zero-order chi connectivity index (χ0) is 40.1. The molecule has 5 heterocycles. The molecular formula is C46H99N5O. The Morgan fingerprint density at radius 3 is 0.577 bits per heavy atom. The lowest BCUT2D eigenvalue weighted by molar-refractivity contribution is -0.00389. The molecule has 0 aromatic rings. The number of hydrogen-bond acceptors (Lipinski definition) is 6. The second kappa shape index (κ2) is 25.8. The molecule has 314 valence electrons. The second-order valence-corrected chi connectivity index (χ2v) is 20.6. The third-order valence-corrected chi connectivity index (χ3v) is 11.2. The number of ether oxygens (including phenoxy) is 1. The molecule has 5 fully saturated rings. The summed E-state index contributed by atoms with van der Waals surface area (Å²) in [5.74, 6) is 0. The van der Waals surface area contributed by atoms with Gasteiger partial charge in [-0.1, -0.05) is 39.5 Å². The van der Waals surface area contributed by atoms with E-state index >= 15 is 0 Å². The molecule has 0 aliphatic carbocycles. The monoisotopic (exact) mass is 738 g/mol. The molecular weight excluding hydrogens is 639 g/mol. The first-order chi connectivity index (χ1) is 24.0. The van der Waals surface area contributed by atoms with E-state index in [4.69, 9.17) is 4.74 Å². The van der Waals surface area contributed by atoms with E-state index < -0.39 is 0 Å². The zero-order valence-corrected chi connectivity index (χ0v) is 39.1. The van der Waals surface area contributed by atoms with E-state index in [2.05, 4.69) is 128 Å². The van der Waals surface area contributed by atoms with Crippen LogP contribution in [0.5, 0.6) is 0 Å². The van der Waals surface area contributed by atoms with Gasteiger partial charge in [-0.3, -0.25) is 24.5 Å². The fraction of sp³-hybridized carbons (Fsp3) is 1.00. The van der Waals surface area contributed by atoms with Gasteiger partial charge in [0.25, 0.3) is 0 Å². The van der Waals surface area contributed by atoms with Crippen LogP contribution in [0.2, 0.25) is 0 Å². The molecule has 0 saturated carbocycles. The first kappa shape index (κ1) is 51.8. The number of nitrogens with zero attached hydrogens (tertiary/aromatic N) is 5. The summed E-state index contributed by atoms with van der Waals surface area (Å²) in [6.07, 6.45) is 16.9. The van der Waals surface area contributed by atoms with Crippen molar-refractivity contribution in [1.29, 1.82) is 0 Å². The lowest BCUT2D eigenvalue weighted by Gasteiger charge is -2.38. The predicted molar refractivity (Wildman–Crippen MR) is 234 cm³/mol. The van der Waals surface area contributed by atoms with Gasteiger partial charge < -0.3 is 4.74 Å². The average Bonchev–Trinajstić information content (AvgIpc) is 3.50. The zero-order valence-electron chi connectivity index (χ0n) is 39.1. The van der Waals surface area contributed by atoms with Crippen molar-refractivity contribution < 1.29 is 4.74 Å². The van der Waals surface area contributed by atoms with Crippen molar-refractivity contribution in [2.45, 2.75) is 222 Å². The minimum absolute atomic E-state index is 0.323. The van der Waals surface area contributed by atoms with Gasteiger partial charge in [-0.2, -0.15) is 0 Å². The summed E-state index contributed by atoms with van der Waals surface area (Å²) in [6.45, 7) is 52.8. The summed E-state index contributed by atoms with van der Waals surface area (Å²) in [7, 11) is 0. The molecule has 5 aliphatic rings. The summed E-state index contributed by atoms with van der Waals surface area (Å²) in [5.41, 5.74) is 1.94. The number of hydrogen-bond donors (Lipinski definition) is 0. The molecule has 6 heteroatoms. The van der Waals surface area contributed by atoms with E-state index in [1.165, 1.54) is 129 Å². The molecule has 0 N–H and O–H groups in total. The SMILES string of the molecule is CC.CC(C)(C)N1CCCC1.CC(C)(C)N1CCCCC1.CC(C)(C)N1CCCCC1.CC(C)(C)N1CCCCCC1.CC(C)(C)N1CCOCC1. The van der Waals surface area contributed by atoms with Crippen molar-refractivity contribution in [3.8, 4) is 0 Å². The Morgan fingerprint density at radius 2 is 0.404 bits per heavy atom. The number of likely N-dealkylation sites (tertiary alicyclic amines) is 4. The lowest BCUT2D eigenvalue weighted by atomic mass is 10.0. The molecule has 5 saturated heterocycles. The van der Waals surface area contributed by atoms with Crippen molar-refractivity contribution in [2.24, 2.45) is 0 Å². The van der Waals surface area contributed by atoms with E-state index in [1.807, 2.05) is 13.8 Å². The number of piperidine rings is 2. The molecule has 52 heavy (non-hydrogen) atoms. The van der Waals surface area contributed by atoms with E-state index in [0.29, 0.717) is 27.7 Å². The first-order valence-corrected chi connectivity index (χ1v) is 22.4. The van der Waals surface area contributed by atoms with Crippen LogP contribution < -0.4 is 0 Å². The third kappa shape index (κ3) is 24.3. The van der Waals surface area contributed by atoms with Gasteiger partial charge >= 0.3 is 0 Å². The third-order valence-electron chi connectivity index (χ3n) is 11.2. The molecule has 5 rings (SSSR count). The molecule has 0 amide bonds. The van der Waals surface area contributed by atoms with Crippen LogP contribution in [-0.4, -0.2) is 131 Å². The Kier molecular flexibility index (Phi) is 25.7. The highest BCUT2D eigenvalue weighted by molar-refractivity contribution is 4.81. The normalized spacial score (nSPS) is 22.3. The molecule has 0 bridgehead atoms. The summed E-state index contributed by atoms with van der Waals surface area (Å²) >= 11 is 0. The Balaban J connectivity index is 0.000000618. The maximum absolute atomic E-state index is 5.25. The average molecular weight is 738 g/mol. The number of rotatable bonds is 0. The summed E-state index contributed by atoms with van der Waals surface area (Å²) < 4.78 is 5.25. The maximum atomic E-state index is 5.25. The fourth-order valence-corrected chi connectivity index (χ4v) is 7.49. The van der Waals surface area contributed by atoms with Gasteiger partial charge in [-0.25, -0.2) is 0 Å². The smallest absolute Gasteiger partial charge is 0.0594 e. The van der Waals surface area contributed by atoms with E-state index in [0.717, 1.165) is 26.3 Å². The highest BCUT2D eigenvalue weighted by atomic mass is 16.5. The molecule has 6 nitrogen and oxygen atoms in total. The fourth-order valence-electron chi connectivity index (χ4n) is 7.49. The van der Waals surface area contributed by atoms with Crippen LogP contribution in [0, 0.1) is 0 Å². The quantitative estimate of drug-likeness (QED) is 0.246. The maximum Gasteiger partial charge on any atom is 0.0594 e. The van der Waals surface area contributed by atoms with Crippen molar-refractivity contribution in [1.82, 2.24) is 24.5 Å². The lowest BCUT2D eigenvalue weighted by Crippen LogP contribution is -2.47. The van der Waals surface area contributed by atoms with Crippen molar-refractivity contribution in [2.75, 3.05) is 78.7 Å². The predicted octanol–water partition coefficient (Wildman–Crippen LogP) is 11.2. The van der Waals surface area contributed by atoms with Gasteiger partial charge in [0.05, 0.1) is 13.2 Å². The van der Waals surface area contributed by atoms with Gasteiger partial charge in [0.1, 0.15) is 0 Å².